The molecule has 0 spiro atoms. The molecule has 0 aliphatic carbocycles. The van der Waals surface area contributed by atoms with Crippen molar-refractivity contribution in [1.29, 1.82) is 0 Å². The third-order valence-corrected chi connectivity index (χ3v) is 4.58. The number of aromatic nitrogens is 1. The Hall–Kier alpha value is -2.60. The van der Waals surface area contributed by atoms with Crippen molar-refractivity contribution in [1.82, 2.24) is 15.2 Å². The van der Waals surface area contributed by atoms with E-state index in [4.69, 9.17) is 9.47 Å². The fraction of sp³-hybridized carbons (Fsp3) is 0.400. The van der Waals surface area contributed by atoms with Crippen LogP contribution in [0.3, 0.4) is 0 Å². The van der Waals surface area contributed by atoms with Crippen LogP contribution in [-0.2, 0) is 6.54 Å². The van der Waals surface area contributed by atoms with Gasteiger partial charge in [0.05, 0.1) is 19.8 Å². The van der Waals surface area contributed by atoms with E-state index in [0.717, 1.165) is 49.5 Å². The van der Waals surface area contributed by atoms with Crippen LogP contribution in [-0.4, -0.2) is 49.1 Å². The van der Waals surface area contributed by atoms with Gasteiger partial charge in [-0.25, -0.2) is 0 Å². The van der Waals surface area contributed by atoms with Crippen molar-refractivity contribution >= 4 is 5.91 Å². The maximum Gasteiger partial charge on any atom is 0.253 e. The minimum Gasteiger partial charge on any atom is -0.497 e. The Morgan fingerprint density at radius 3 is 2.69 bits per heavy atom. The number of rotatable bonds is 6. The molecule has 1 unspecified atom stereocenters. The SMILES string of the molecule is COc1cc(CN2CCCC(NC(=O)c3cccnc3)C2)cc(OC)c1. The maximum absolute atomic E-state index is 12.3. The second-order valence-corrected chi connectivity index (χ2v) is 6.51. The zero-order valence-corrected chi connectivity index (χ0v) is 15.3. The molecule has 1 N–H and O–H groups in total. The third-order valence-electron chi connectivity index (χ3n) is 4.58. The number of hydrogen-bond acceptors (Lipinski definition) is 5. The predicted molar refractivity (Wildman–Crippen MR) is 99.5 cm³/mol. The number of ether oxygens (including phenoxy) is 2. The molecule has 3 rings (SSSR count). The number of amides is 1. The largest absolute Gasteiger partial charge is 0.497 e. The summed E-state index contributed by atoms with van der Waals surface area (Å²) in [6.07, 6.45) is 5.31. The van der Waals surface area contributed by atoms with Gasteiger partial charge in [-0.3, -0.25) is 14.7 Å². The Balaban J connectivity index is 1.61. The van der Waals surface area contributed by atoms with E-state index in [1.165, 1.54) is 0 Å². The molecule has 2 heterocycles. The molecule has 6 heteroatoms. The molecule has 1 fully saturated rings. The van der Waals surface area contributed by atoms with Crippen LogP contribution in [0.15, 0.2) is 42.7 Å². The predicted octanol–water partition coefficient (Wildman–Crippen LogP) is 2.49. The number of pyridine rings is 1. The number of benzene rings is 1. The molecule has 0 radical (unpaired) electrons. The van der Waals surface area contributed by atoms with Gasteiger partial charge in [0.2, 0.25) is 0 Å². The summed E-state index contributed by atoms with van der Waals surface area (Å²) in [5, 5.41) is 3.13. The lowest BCUT2D eigenvalue weighted by Crippen LogP contribution is -2.47. The molecule has 1 saturated heterocycles. The van der Waals surface area contributed by atoms with E-state index in [1.54, 1.807) is 38.7 Å². The zero-order chi connectivity index (χ0) is 18.4. The summed E-state index contributed by atoms with van der Waals surface area (Å²) in [6, 6.07) is 9.63. The van der Waals surface area contributed by atoms with Gasteiger partial charge >= 0.3 is 0 Å². The van der Waals surface area contributed by atoms with Crippen LogP contribution in [0.2, 0.25) is 0 Å². The second kappa shape index (κ2) is 8.67. The van der Waals surface area contributed by atoms with Crippen molar-refractivity contribution in [3.8, 4) is 11.5 Å². The number of nitrogens with zero attached hydrogens (tertiary/aromatic N) is 2. The molecule has 1 aliphatic heterocycles. The maximum atomic E-state index is 12.3. The van der Waals surface area contributed by atoms with E-state index >= 15 is 0 Å². The molecular weight excluding hydrogens is 330 g/mol. The average molecular weight is 355 g/mol. The van der Waals surface area contributed by atoms with E-state index in [2.05, 4.69) is 15.2 Å². The highest BCUT2D eigenvalue weighted by atomic mass is 16.5. The molecule has 2 aromatic rings. The van der Waals surface area contributed by atoms with Crippen LogP contribution in [0, 0.1) is 0 Å². The van der Waals surface area contributed by atoms with Crippen LogP contribution in [0.25, 0.3) is 0 Å². The molecule has 26 heavy (non-hydrogen) atoms. The highest BCUT2D eigenvalue weighted by molar-refractivity contribution is 5.94. The Labute approximate surface area is 154 Å². The summed E-state index contributed by atoms with van der Waals surface area (Å²) in [5.41, 5.74) is 1.74. The lowest BCUT2D eigenvalue weighted by molar-refractivity contribution is 0.0900. The zero-order valence-electron chi connectivity index (χ0n) is 15.3. The number of carbonyl (C=O) groups excluding carboxylic acids is 1. The van der Waals surface area contributed by atoms with Gasteiger partial charge in [-0.05, 0) is 49.2 Å². The first-order valence-electron chi connectivity index (χ1n) is 8.83. The molecule has 0 bridgehead atoms. The standard InChI is InChI=1S/C20H25N3O3/c1-25-18-9-15(10-19(11-18)26-2)13-23-8-4-6-17(14-23)22-20(24)16-5-3-7-21-12-16/h3,5,7,9-12,17H,4,6,8,13-14H2,1-2H3,(H,22,24). The number of carbonyl (C=O) groups is 1. The summed E-state index contributed by atoms with van der Waals surface area (Å²) in [7, 11) is 3.31. The fourth-order valence-electron chi connectivity index (χ4n) is 3.30. The quantitative estimate of drug-likeness (QED) is 0.863. The fourth-order valence-corrected chi connectivity index (χ4v) is 3.30. The highest BCUT2D eigenvalue weighted by Gasteiger charge is 2.22. The van der Waals surface area contributed by atoms with Gasteiger partial charge in [0.1, 0.15) is 11.5 Å². The van der Waals surface area contributed by atoms with Crippen LogP contribution in [0.4, 0.5) is 0 Å². The van der Waals surface area contributed by atoms with Crippen molar-refractivity contribution in [2.24, 2.45) is 0 Å². The van der Waals surface area contributed by atoms with Crippen molar-refractivity contribution in [2.45, 2.75) is 25.4 Å². The van der Waals surface area contributed by atoms with Crippen LogP contribution < -0.4 is 14.8 Å². The molecule has 1 aliphatic rings. The summed E-state index contributed by atoms with van der Waals surface area (Å²) >= 11 is 0. The van der Waals surface area contributed by atoms with Gasteiger partial charge < -0.3 is 14.8 Å². The third kappa shape index (κ3) is 4.73. The minimum absolute atomic E-state index is 0.0620. The summed E-state index contributed by atoms with van der Waals surface area (Å²) in [6.45, 7) is 2.64. The Morgan fingerprint density at radius 1 is 1.27 bits per heavy atom. The van der Waals surface area contributed by atoms with E-state index in [-0.39, 0.29) is 11.9 Å². The molecule has 1 aromatic heterocycles. The number of hydrogen-bond donors (Lipinski definition) is 1. The van der Waals surface area contributed by atoms with Gasteiger partial charge in [0.15, 0.2) is 0 Å². The van der Waals surface area contributed by atoms with Gasteiger partial charge in [-0.15, -0.1) is 0 Å². The summed E-state index contributed by atoms with van der Waals surface area (Å²) < 4.78 is 10.7. The van der Waals surface area contributed by atoms with E-state index in [0.29, 0.717) is 5.56 Å². The van der Waals surface area contributed by atoms with E-state index < -0.39 is 0 Å². The first-order chi connectivity index (χ1) is 12.7. The lowest BCUT2D eigenvalue weighted by Gasteiger charge is -2.33. The molecule has 1 aromatic carbocycles. The summed E-state index contributed by atoms with van der Waals surface area (Å²) in [4.78, 5) is 18.7. The number of nitrogens with one attached hydrogen (secondary N) is 1. The first kappa shape index (κ1) is 18.2. The van der Waals surface area contributed by atoms with Crippen LogP contribution >= 0.6 is 0 Å². The molecule has 6 nitrogen and oxygen atoms in total. The normalized spacial score (nSPS) is 17.5. The number of methoxy groups -OCH3 is 2. The average Bonchev–Trinajstić information content (AvgIpc) is 2.68. The van der Waals surface area contributed by atoms with Crippen molar-refractivity contribution in [2.75, 3.05) is 27.3 Å². The van der Waals surface area contributed by atoms with Gasteiger partial charge in [-0.1, -0.05) is 0 Å². The van der Waals surface area contributed by atoms with E-state index in [1.807, 2.05) is 18.2 Å². The van der Waals surface area contributed by atoms with E-state index in [9.17, 15) is 4.79 Å². The topological polar surface area (TPSA) is 63.7 Å². The van der Waals surface area contributed by atoms with Crippen molar-refractivity contribution in [3.05, 3.63) is 53.9 Å². The Morgan fingerprint density at radius 2 is 2.04 bits per heavy atom. The smallest absolute Gasteiger partial charge is 0.253 e. The number of piperidine rings is 1. The molecular formula is C20H25N3O3. The second-order valence-electron chi connectivity index (χ2n) is 6.51. The lowest BCUT2D eigenvalue weighted by atomic mass is 10.0. The molecule has 138 valence electrons. The Bertz CT molecular complexity index is 714. The minimum atomic E-state index is -0.0620. The van der Waals surface area contributed by atoms with Crippen LogP contribution in [0.1, 0.15) is 28.8 Å². The summed E-state index contributed by atoms with van der Waals surface area (Å²) in [5.74, 6) is 1.52. The first-order valence-corrected chi connectivity index (χ1v) is 8.83. The molecule has 1 atom stereocenters. The monoisotopic (exact) mass is 355 g/mol. The highest BCUT2D eigenvalue weighted by Crippen LogP contribution is 2.24. The Kier molecular flexibility index (Phi) is 6.07. The number of likely N-dealkylation sites (tertiary alicyclic amines) is 1. The van der Waals surface area contributed by atoms with Crippen molar-refractivity contribution < 1.29 is 14.3 Å². The van der Waals surface area contributed by atoms with Crippen molar-refractivity contribution in [3.63, 3.8) is 0 Å². The molecule has 1 amide bonds. The molecule has 0 saturated carbocycles. The van der Waals surface area contributed by atoms with Gasteiger partial charge in [0, 0.05) is 37.6 Å². The van der Waals surface area contributed by atoms with Crippen LogP contribution in [0.5, 0.6) is 11.5 Å². The van der Waals surface area contributed by atoms with Gasteiger partial charge in [0.25, 0.3) is 5.91 Å². The van der Waals surface area contributed by atoms with Gasteiger partial charge in [-0.2, -0.15) is 0 Å².